The molecule has 0 bridgehead atoms. The van der Waals surface area contributed by atoms with E-state index in [0.29, 0.717) is 23.4 Å². The van der Waals surface area contributed by atoms with Gasteiger partial charge < -0.3 is 10.6 Å². The molecule has 1 aromatic rings. The fourth-order valence-electron chi connectivity index (χ4n) is 1.58. The molecule has 0 fully saturated rings. The third-order valence-corrected chi connectivity index (χ3v) is 4.72. The summed E-state index contributed by atoms with van der Waals surface area (Å²) in [6, 6.07) is 8.78. The lowest BCUT2D eigenvalue weighted by molar-refractivity contribution is 0.593. The largest absolute Gasteiger partial charge is 0.355 e. The van der Waals surface area contributed by atoms with Gasteiger partial charge in [0.25, 0.3) is 0 Å². The summed E-state index contributed by atoms with van der Waals surface area (Å²) in [6.45, 7) is 4.45. The van der Waals surface area contributed by atoms with Crippen molar-refractivity contribution < 1.29 is 8.42 Å². The SMILES string of the molecule is CCC(C)NC(=NC)NCCS(=O)(=O)c1ccccc1. The molecule has 5 nitrogen and oxygen atoms in total. The smallest absolute Gasteiger partial charge is 0.191 e. The van der Waals surface area contributed by atoms with Gasteiger partial charge in [-0.15, -0.1) is 0 Å². The van der Waals surface area contributed by atoms with Crippen molar-refractivity contribution in [2.75, 3.05) is 19.3 Å². The second-order valence-electron chi connectivity index (χ2n) is 4.58. The first-order valence-corrected chi connectivity index (χ1v) is 8.39. The lowest BCUT2D eigenvalue weighted by atomic mass is 10.3. The molecule has 0 spiro atoms. The summed E-state index contributed by atoms with van der Waals surface area (Å²) in [5, 5.41) is 6.21. The van der Waals surface area contributed by atoms with Crippen LogP contribution >= 0.6 is 0 Å². The number of benzene rings is 1. The molecule has 0 aliphatic carbocycles. The summed E-state index contributed by atoms with van der Waals surface area (Å²) in [4.78, 5) is 4.42. The van der Waals surface area contributed by atoms with Gasteiger partial charge >= 0.3 is 0 Å². The normalized spacial score (nSPS) is 13.8. The van der Waals surface area contributed by atoms with Crippen molar-refractivity contribution in [3.8, 4) is 0 Å². The van der Waals surface area contributed by atoms with Crippen LogP contribution < -0.4 is 10.6 Å². The summed E-state index contributed by atoms with van der Waals surface area (Å²) in [7, 11) is -1.57. The average molecular weight is 297 g/mol. The lowest BCUT2D eigenvalue weighted by Gasteiger charge is -2.16. The number of hydrogen-bond acceptors (Lipinski definition) is 3. The minimum atomic E-state index is -3.24. The van der Waals surface area contributed by atoms with Gasteiger partial charge in [-0.05, 0) is 25.5 Å². The first kappa shape index (κ1) is 16.5. The molecule has 0 aliphatic heterocycles. The van der Waals surface area contributed by atoms with Crippen LogP contribution in [0.3, 0.4) is 0 Å². The molecule has 1 aromatic carbocycles. The molecule has 2 N–H and O–H groups in total. The standard InChI is InChI=1S/C14H23N3O2S/c1-4-12(2)17-14(15-3)16-10-11-20(18,19)13-8-6-5-7-9-13/h5-9,12H,4,10-11H2,1-3H3,(H2,15,16,17). The van der Waals surface area contributed by atoms with E-state index in [1.54, 1.807) is 37.4 Å². The van der Waals surface area contributed by atoms with Gasteiger partial charge in [0.1, 0.15) is 0 Å². The highest BCUT2D eigenvalue weighted by Crippen LogP contribution is 2.09. The topological polar surface area (TPSA) is 70.6 Å². The van der Waals surface area contributed by atoms with Gasteiger partial charge in [0.05, 0.1) is 10.6 Å². The van der Waals surface area contributed by atoms with Crippen LogP contribution in [0.2, 0.25) is 0 Å². The molecule has 0 heterocycles. The van der Waals surface area contributed by atoms with Crippen LogP contribution in [0.25, 0.3) is 0 Å². The Hall–Kier alpha value is -1.56. The van der Waals surface area contributed by atoms with Gasteiger partial charge in [0.2, 0.25) is 0 Å². The van der Waals surface area contributed by atoms with E-state index < -0.39 is 9.84 Å². The zero-order valence-corrected chi connectivity index (χ0v) is 13.1. The predicted molar refractivity (Wildman–Crippen MR) is 82.7 cm³/mol. The quantitative estimate of drug-likeness (QED) is 0.615. The van der Waals surface area contributed by atoms with E-state index in [-0.39, 0.29) is 5.75 Å². The maximum atomic E-state index is 12.1. The second kappa shape index (κ2) is 7.89. The van der Waals surface area contributed by atoms with E-state index in [1.807, 2.05) is 6.92 Å². The molecule has 6 heteroatoms. The zero-order chi connectivity index (χ0) is 15.0. The molecule has 0 aliphatic rings. The maximum absolute atomic E-state index is 12.1. The monoisotopic (exact) mass is 297 g/mol. The number of sulfone groups is 1. The van der Waals surface area contributed by atoms with E-state index in [1.165, 1.54) is 0 Å². The molecule has 20 heavy (non-hydrogen) atoms. The third-order valence-electron chi connectivity index (χ3n) is 2.98. The minimum Gasteiger partial charge on any atom is -0.355 e. The van der Waals surface area contributed by atoms with Crippen molar-refractivity contribution in [1.82, 2.24) is 10.6 Å². The molecule has 0 radical (unpaired) electrons. The van der Waals surface area contributed by atoms with E-state index in [0.717, 1.165) is 6.42 Å². The summed E-state index contributed by atoms with van der Waals surface area (Å²) < 4.78 is 24.2. The van der Waals surface area contributed by atoms with E-state index in [2.05, 4.69) is 22.5 Å². The number of rotatable bonds is 6. The van der Waals surface area contributed by atoms with E-state index in [4.69, 9.17) is 0 Å². The van der Waals surface area contributed by atoms with Crippen LogP contribution in [0.4, 0.5) is 0 Å². The number of nitrogens with zero attached hydrogens (tertiary/aromatic N) is 1. The maximum Gasteiger partial charge on any atom is 0.191 e. The van der Waals surface area contributed by atoms with Crippen molar-refractivity contribution >= 4 is 15.8 Å². The molecular weight excluding hydrogens is 274 g/mol. The minimum absolute atomic E-state index is 0.0399. The van der Waals surface area contributed by atoms with Crippen molar-refractivity contribution in [3.05, 3.63) is 30.3 Å². The number of aliphatic imine (C=N–C) groups is 1. The Bertz CT molecular complexity index is 527. The molecule has 112 valence electrons. The Labute approximate surface area is 121 Å². The highest BCUT2D eigenvalue weighted by Gasteiger charge is 2.13. The summed E-state index contributed by atoms with van der Waals surface area (Å²) >= 11 is 0. The van der Waals surface area contributed by atoms with Crippen molar-refractivity contribution in [3.63, 3.8) is 0 Å². The van der Waals surface area contributed by atoms with Crippen LogP contribution in [0.5, 0.6) is 0 Å². The molecule has 0 saturated carbocycles. The van der Waals surface area contributed by atoms with Crippen LogP contribution in [0, 0.1) is 0 Å². The Kier molecular flexibility index (Phi) is 6.51. The Morgan fingerprint density at radius 2 is 1.95 bits per heavy atom. The summed E-state index contributed by atoms with van der Waals surface area (Å²) in [6.07, 6.45) is 0.975. The van der Waals surface area contributed by atoms with Gasteiger partial charge in [-0.3, -0.25) is 4.99 Å². The highest BCUT2D eigenvalue weighted by molar-refractivity contribution is 7.91. The van der Waals surface area contributed by atoms with Crippen molar-refractivity contribution in [1.29, 1.82) is 0 Å². The molecular formula is C14H23N3O2S. The van der Waals surface area contributed by atoms with Crippen molar-refractivity contribution in [2.45, 2.75) is 31.2 Å². The Morgan fingerprint density at radius 1 is 1.30 bits per heavy atom. The number of nitrogens with one attached hydrogen (secondary N) is 2. The van der Waals surface area contributed by atoms with Gasteiger partial charge in [-0.2, -0.15) is 0 Å². The molecule has 1 rings (SSSR count). The van der Waals surface area contributed by atoms with Crippen LogP contribution in [-0.2, 0) is 9.84 Å². The van der Waals surface area contributed by atoms with Gasteiger partial charge in [0, 0.05) is 19.6 Å². The van der Waals surface area contributed by atoms with E-state index in [9.17, 15) is 8.42 Å². The Balaban J connectivity index is 2.51. The molecule has 0 aromatic heterocycles. The van der Waals surface area contributed by atoms with Gasteiger partial charge in [0.15, 0.2) is 15.8 Å². The highest BCUT2D eigenvalue weighted by atomic mass is 32.2. The number of hydrogen-bond donors (Lipinski definition) is 2. The first-order valence-electron chi connectivity index (χ1n) is 6.74. The van der Waals surface area contributed by atoms with Crippen LogP contribution in [0.1, 0.15) is 20.3 Å². The van der Waals surface area contributed by atoms with Crippen LogP contribution in [0.15, 0.2) is 40.2 Å². The second-order valence-corrected chi connectivity index (χ2v) is 6.69. The summed E-state index contributed by atoms with van der Waals surface area (Å²) in [5.41, 5.74) is 0. The molecule has 0 saturated heterocycles. The average Bonchev–Trinajstić information content (AvgIpc) is 2.46. The molecule has 1 atom stereocenters. The molecule has 1 unspecified atom stereocenters. The fourth-order valence-corrected chi connectivity index (χ4v) is 2.76. The predicted octanol–water partition coefficient (Wildman–Crippen LogP) is 1.42. The Morgan fingerprint density at radius 3 is 2.50 bits per heavy atom. The van der Waals surface area contributed by atoms with Gasteiger partial charge in [-0.1, -0.05) is 25.1 Å². The fraction of sp³-hybridized carbons (Fsp3) is 0.500. The zero-order valence-electron chi connectivity index (χ0n) is 12.3. The van der Waals surface area contributed by atoms with Gasteiger partial charge in [-0.25, -0.2) is 8.42 Å². The first-order chi connectivity index (χ1) is 9.49. The van der Waals surface area contributed by atoms with E-state index >= 15 is 0 Å². The third kappa shape index (κ3) is 5.21. The number of guanidine groups is 1. The summed E-state index contributed by atoms with van der Waals surface area (Å²) in [5.74, 6) is 0.667. The van der Waals surface area contributed by atoms with Crippen molar-refractivity contribution in [2.24, 2.45) is 4.99 Å². The van der Waals surface area contributed by atoms with Crippen LogP contribution in [-0.4, -0.2) is 39.8 Å². The molecule has 0 amide bonds. The lowest BCUT2D eigenvalue weighted by Crippen LogP contribution is -2.43.